The highest BCUT2D eigenvalue weighted by Gasteiger charge is 2.39. The summed E-state index contributed by atoms with van der Waals surface area (Å²) in [6, 6.07) is 0. The van der Waals surface area contributed by atoms with Gasteiger partial charge >= 0.3 is 0 Å². The molecule has 0 saturated carbocycles. The van der Waals surface area contributed by atoms with Crippen LogP contribution in [0.25, 0.3) is 0 Å². The lowest BCUT2D eigenvalue weighted by atomic mass is 9.97. The smallest absolute Gasteiger partial charge is 0.229 e. The second-order valence-corrected chi connectivity index (χ2v) is 11.4. The van der Waals surface area contributed by atoms with Gasteiger partial charge in [-0.25, -0.2) is 0 Å². The molecule has 90 valence electrons. The molecular formula is C11H23ClO2Si. The van der Waals surface area contributed by atoms with Gasteiger partial charge in [-0.1, -0.05) is 20.8 Å². The summed E-state index contributed by atoms with van der Waals surface area (Å²) in [6.45, 7) is 14.9. The van der Waals surface area contributed by atoms with E-state index in [4.69, 9.17) is 16.0 Å². The zero-order valence-corrected chi connectivity index (χ0v) is 12.7. The molecule has 0 amide bonds. The van der Waals surface area contributed by atoms with Crippen molar-refractivity contribution in [3.63, 3.8) is 0 Å². The van der Waals surface area contributed by atoms with Crippen LogP contribution >= 0.6 is 11.6 Å². The lowest BCUT2D eigenvalue weighted by Crippen LogP contribution is -2.44. The molecule has 0 unspecified atom stereocenters. The molecule has 0 saturated heterocycles. The topological polar surface area (TPSA) is 26.3 Å². The third-order valence-corrected chi connectivity index (χ3v) is 8.12. The summed E-state index contributed by atoms with van der Waals surface area (Å²) >= 11 is 5.51. The first kappa shape index (κ1) is 15.1. The molecule has 0 spiro atoms. The minimum absolute atomic E-state index is 0.165. The third-order valence-electron chi connectivity index (χ3n) is 3.13. The molecule has 0 aliphatic carbocycles. The Kier molecular flexibility index (Phi) is 4.60. The SMILES string of the molecule is CC(C)(CO[Si](C)(C)C(C)(C)C)C(=O)Cl. The van der Waals surface area contributed by atoms with Gasteiger partial charge in [-0.05, 0) is 43.6 Å². The molecule has 2 nitrogen and oxygen atoms in total. The standard InChI is InChI=1S/C11H23ClO2Si/c1-10(2,3)15(6,7)14-8-11(4,5)9(12)13/h8H2,1-7H3. The minimum atomic E-state index is -1.77. The summed E-state index contributed by atoms with van der Waals surface area (Å²) in [4.78, 5) is 11.1. The summed E-state index contributed by atoms with van der Waals surface area (Å²) in [5.74, 6) is 0. The monoisotopic (exact) mass is 250 g/mol. The number of hydrogen-bond donors (Lipinski definition) is 0. The van der Waals surface area contributed by atoms with Crippen LogP contribution < -0.4 is 0 Å². The Morgan fingerprint density at radius 3 is 1.87 bits per heavy atom. The van der Waals surface area contributed by atoms with Gasteiger partial charge in [-0.15, -0.1) is 0 Å². The quantitative estimate of drug-likeness (QED) is 0.560. The summed E-state index contributed by atoms with van der Waals surface area (Å²) in [5, 5.41) is -0.167. The molecule has 0 rings (SSSR count). The summed E-state index contributed by atoms with van der Waals surface area (Å²) in [5.41, 5.74) is -0.586. The van der Waals surface area contributed by atoms with Crippen LogP contribution in [0.4, 0.5) is 0 Å². The van der Waals surface area contributed by atoms with Crippen LogP contribution in [0.3, 0.4) is 0 Å². The first-order valence-corrected chi connectivity index (χ1v) is 8.53. The van der Waals surface area contributed by atoms with Gasteiger partial charge in [0.1, 0.15) is 0 Å². The van der Waals surface area contributed by atoms with Gasteiger partial charge in [0.25, 0.3) is 0 Å². The van der Waals surface area contributed by atoms with Gasteiger partial charge in [-0.3, -0.25) is 4.79 Å². The maximum Gasteiger partial charge on any atom is 0.229 e. The Labute approximate surface area is 99.5 Å². The zero-order chi connectivity index (χ0) is 12.5. The fraction of sp³-hybridized carbons (Fsp3) is 0.909. The Morgan fingerprint density at radius 2 is 1.60 bits per heavy atom. The van der Waals surface area contributed by atoms with Crippen LogP contribution in [0.15, 0.2) is 0 Å². The Balaban J connectivity index is 4.47. The largest absolute Gasteiger partial charge is 0.416 e. The number of halogens is 1. The molecule has 0 aromatic rings. The predicted molar refractivity (Wildman–Crippen MR) is 67.8 cm³/mol. The van der Waals surface area contributed by atoms with Gasteiger partial charge in [0.15, 0.2) is 8.32 Å². The second kappa shape index (κ2) is 4.56. The third kappa shape index (κ3) is 4.25. The van der Waals surface area contributed by atoms with Crippen molar-refractivity contribution in [1.29, 1.82) is 0 Å². The van der Waals surface area contributed by atoms with Crippen molar-refractivity contribution in [2.75, 3.05) is 6.61 Å². The molecule has 0 aliphatic heterocycles. The van der Waals surface area contributed by atoms with Crippen molar-refractivity contribution in [3.05, 3.63) is 0 Å². The van der Waals surface area contributed by atoms with Crippen LogP contribution in [0, 0.1) is 5.41 Å². The Bertz CT molecular complexity index is 241. The maximum atomic E-state index is 11.1. The Morgan fingerprint density at radius 1 is 1.20 bits per heavy atom. The van der Waals surface area contributed by atoms with Gasteiger partial charge in [0.2, 0.25) is 5.24 Å². The van der Waals surface area contributed by atoms with E-state index in [0.29, 0.717) is 6.61 Å². The first-order chi connectivity index (χ1) is 6.40. The van der Waals surface area contributed by atoms with E-state index >= 15 is 0 Å². The highest BCUT2D eigenvalue weighted by molar-refractivity contribution is 6.74. The Hall–Kier alpha value is 0.137. The summed E-state index contributed by atoms with van der Waals surface area (Å²) < 4.78 is 5.95. The predicted octanol–water partition coefficient (Wildman–Crippen LogP) is 3.80. The summed E-state index contributed by atoms with van der Waals surface area (Å²) in [6.07, 6.45) is 0. The average Bonchev–Trinajstić information content (AvgIpc) is 1.99. The molecule has 0 aromatic heterocycles. The van der Waals surface area contributed by atoms with E-state index in [-0.39, 0.29) is 10.3 Å². The first-order valence-electron chi connectivity index (χ1n) is 5.24. The fourth-order valence-corrected chi connectivity index (χ4v) is 1.84. The van der Waals surface area contributed by atoms with Crippen LogP contribution in [0.5, 0.6) is 0 Å². The van der Waals surface area contributed by atoms with E-state index < -0.39 is 13.7 Å². The van der Waals surface area contributed by atoms with E-state index in [1.165, 1.54) is 0 Å². The number of carbonyl (C=O) groups is 1. The van der Waals surface area contributed by atoms with Crippen LogP contribution in [-0.2, 0) is 9.22 Å². The molecule has 0 aliphatic rings. The molecule has 0 N–H and O–H groups in total. The molecular weight excluding hydrogens is 228 g/mol. The van der Waals surface area contributed by atoms with Gasteiger partial charge in [0, 0.05) is 6.61 Å². The lowest BCUT2D eigenvalue weighted by molar-refractivity contribution is -0.120. The highest BCUT2D eigenvalue weighted by atomic mass is 35.5. The minimum Gasteiger partial charge on any atom is -0.416 e. The van der Waals surface area contributed by atoms with E-state index in [1.807, 2.05) is 13.8 Å². The molecule has 15 heavy (non-hydrogen) atoms. The summed E-state index contributed by atoms with van der Waals surface area (Å²) in [7, 11) is -1.77. The van der Waals surface area contributed by atoms with Crippen LogP contribution in [-0.4, -0.2) is 20.2 Å². The zero-order valence-electron chi connectivity index (χ0n) is 10.9. The van der Waals surface area contributed by atoms with Crippen molar-refractivity contribution in [1.82, 2.24) is 0 Å². The molecule has 0 atom stereocenters. The van der Waals surface area contributed by atoms with Crippen molar-refractivity contribution < 1.29 is 9.22 Å². The fourth-order valence-electron chi connectivity index (χ4n) is 0.634. The van der Waals surface area contributed by atoms with E-state index in [2.05, 4.69) is 33.9 Å². The van der Waals surface area contributed by atoms with Crippen molar-refractivity contribution in [3.8, 4) is 0 Å². The normalized spacial score (nSPS) is 14.1. The number of hydrogen-bond acceptors (Lipinski definition) is 2. The van der Waals surface area contributed by atoms with Gasteiger partial charge in [-0.2, -0.15) is 0 Å². The molecule has 0 bridgehead atoms. The lowest BCUT2D eigenvalue weighted by Gasteiger charge is -2.38. The second-order valence-electron chi connectivity index (χ2n) is 6.21. The van der Waals surface area contributed by atoms with Crippen LogP contribution in [0.2, 0.25) is 18.1 Å². The van der Waals surface area contributed by atoms with Crippen molar-refractivity contribution in [2.45, 2.75) is 52.8 Å². The number of rotatable bonds is 4. The van der Waals surface area contributed by atoms with Gasteiger partial charge in [0.05, 0.1) is 5.41 Å². The molecule has 0 fully saturated rings. The van der Waals surface area contributed by atoms with Crippen molar-refractivity contribution in [2.24, 2.45) is 5.41 Å². The maximum absolute atomic E-state index is 11.1. The molecule has 0 radical (unpaired) electrons. The van der Waals surface area contributed by atoms with Gasteiger partial charge < -0.3 is 4.43 Å². The number of carbonyl (C=O) groups excluding carboxylic acids is 1. The van der Waals surface area contributed by atoms with E-state index in [9.17, 15) is 4.79 Å². The van der Waals surface area contributed by atoms with E-state index in [0.717, 1.165) is 0 Å². The molecule has 4 heteroatoms. The average molecular weight is 251 g/mol. The molecule has 0 aromatic carbocycles. The highest BCUT2D eigenvalue weighted by Crippen LogP contribution is 2.37. The van der Waals surface area contributed by atoms with Crippen molar-refractivity contribution >= 4 is 25.2 Å². The molecule has 0 heterocycles. The van der Waals surface area contributed by atoms with Crippen LogP contribution in [0.1, 0.15) is 34.6 Å². The van der Waals surface area contributed by atoms with E-state index in [1.54, 1.807) is 0 Å².